The van der Waals surface area contributed by atoms with E-state index < -0.39 is 10.8 Å². The van der Waals surface area contributed by atoms with Crippen molar-refractivity contribution >= 4 is 11.7 Å². The molecule has 0 aromatic carbocycles. The maximum absolute atomic E-state index is 11.9. The molecule has 0 bridgehead atoms. The number of ether oxygens (including phenoxy) is 1. The predicted octanol–water partition coefficient (Wildman–Crippen LogP) is -0.210. The van der Waals surface area contributed by atoms with Crippen LogP contribution in [0.3, 0.4) is 0 Å². The second-order valence-electron chi connectivity index (χ2n) is 3.26. The van der Waals surface area contributed by atoms with E-state index in [2.05, 4.69) is 9.97 Å². The highest BCUT2D eigenvalue weighted by Gasteiger charge is 2.27. The van der Waals surface area contributed by atoms with Crippen molar-refractivity contribution in [2.75, 3.05) is 26.3 Å². The number of amides is 1. The summed E-state index contributed by atoms with van der Waals surface area (Å²) in [6, 6.07) is 0. The zero-order valence-corrected chi connectivity index (χ0v) is 8.38. The molecule has 1 aromatic heterocycles. The number of carbonyl (C=O) groups excluding carboxylic acids is 1. The van der Waals surface area contributed by atoms with Gasteiger partial charge < -0.3 is 19.8 Å². The predicted molar refractivity (Wildman–Crippen MR) is 52.0 cm³/mol. The number of nitrogens with one attached hydrogen (secondary N) is 1. The van der Waals surface area contributed by atoms with Gasteiger partial charge in [0.25, 0.3) is 5.91 Å². The molecule has 1 fully saturated rings. The van der Waals surface area contributed by atoms with Gasteiger partial charge in [0.2, 0.25) is 5.69 Å². The number of nitro groups is 1. The molecule has 1 N–H and O–H groups in total. The van der Waals surface area contributed by atoms with Crippen LogP contribution in [0.4, 0.5) is 5.82 Å². The van der Waals surface area contributed by atoms with E-state index in [-0.39, 0.29) is 11.5 Å². The van der Waals surface area contributed by atoms with Crippen molar-refractivity contribution in [2.45, 2.75) is 0 Å². The molecule has 8 nitrogen and oxygen atoms in total. The molecule has 0 atom stereocenters. The molecule has 0 spiro atoms. The van der Waals surface area contributed by atoms with E-state index in [9.17, 15) is 14.9 Å². The van der Waals surface area contributed by atoms with E-state index in [1.54, 1.807) is 0 Å². The summed E-state index contributed by atoms with van der Waals surface area (Å²) < 4.78 is 5.09. The fourth-order valence-corrected chi connectivity index (χ4v) is 1.50. The molecule has 86 valence electrons. The van der Waals surface area contributed by atoms with Crippen LogP contribution in [-0.4, -0.2) is 52.0 Å². The number of imidazole rings is 1. The lowest BCUT2D eigenvalue weighted by atomic mass is 10.3. The van der Waals surface area contributed by atoms with Crippen LogP contribution in [-0.2, 0) is 4.74 Å². The van der Waals surface area contributed by atoms with E-state index in [1.165, 1.54) is 4.90 Å². The second kappa shape index (κ2) is 4.27. The number of nitrogens with zero attached hydrogens (tertiary/aromatic N) is 3. The van der Waals surface area contributed by atoms with Gasteiger partial charge in [-0.1, -0.05) is 0 Å². The summed E-state index contributed by atoms with van der Waals surface area (Å²) >= 11 is 0. The van der Waals surface area contributed by atoms with E-state index >= 15 is 0 Å². The number of H-pyrrole nitrogens is 1. The SMILES string of the molecule is O=C(c1nc[nH]c1[N+](=O)[O-])N1CCOCC1. The Morgan fingerprint density at radius 3 is 2.88 bits per heavy atom. The Bertz CT molecular complexity index is 410. The zero-order chi connectivity index (χ0) is 11.5. The van der Waals surface area contributed by atoms with Crippen LogP contribution in [0.15, 0.2) is 6.33 Å². The lowest BCUT2D eigenvalue weighted by Crippen LogP contribution is -2.41. The van der Waals surface area contributed by atoms with Crippen molar-refractivity contribution in [3.8, 4) is 0 Å². The molecule has 0 aliphatic carbocycles. The highest BCUT2D eigenvalue weighted by atomic mass is 16.6. The maximum atomic E-state index is 11.9. The van der Waals surface area contributed by atoms with Crippen LogP contribution in [0.25, 0.3) is 0 Å². The lowest BCUT2D eigenvalue weighted by Gasteiger charge is -2.25. The van der Waals surface area contributed by atoms with Crippen molar-refractivity contribution < 1.29 is 14.5 Å². The Balaban J connectivity index is 2.19. The summed E-state index contributed by atoms with van der Waals surface area (Å²) in [5.41, 5.74) is -0.146. The van der Waals surface area contributed by atoms with Gasteiger partial charge in [-0.15, -0.1) is 0 Å². The normalized spacial score (nSPS) is 16.1. The molecule has 1 aliphatic rings. The first-order valence-electron chi connectivity index (χ1n) is 4.75. The van der Waals surface area contributed by atoms with Gasteiger partial charge in [0, 0.05) is 13.1 Å². The van der Waals surface area contributed by atoms with Gasteiger partial charge in [-0.05, 0) is 4.92 Å². The first-order valence-corrected chi connectivity index (χ1v) is 4.75. The number of morpholine rings is 1. The van der Waals surface area contributed by atoms with Gasteiger partial charge in [0.15, 0.2) is 6.33 Å². The minimum atomic E-state index is -0.652. The van der Waals surface area contributed by atoms with Crippen LogP contribution >= 0.6 is 0 Å². The minimum absolute atomic E-state index is 0.146. The van der Waals surface area contributed by atoms with Crippen LogP contribution < -0.4 is 0 Å². The summed E-state index contributed by atoms with van der Waals surface area (Å²) in [5.74, 6) is -0.798. The monoisotopic (exact) mass is 226 g/mol. The molecule has 0 unspecified atom stereocenters. The summed E-state index contributed by atoms with van der Waals surface area (Å²) in [6.45, 7) is 1.76. The quantitative estimate of drug-likeness (QED) is 0.555. The third-order valence-corrected chi connectivity index (χ3v) is 2.30. The van der Waals surface area contributed by atoms with Crippen molar-refractivity contribution in [1.82, 2.24) is 14.9 Å². The van der Waals surface area contributed by atoms with Gasteiger partial charge >= 0.3 is 5.82 Å². The molecule has 1 aromatic rings. The summed E-state index contributed by atoms with van der Waals surface area (Å²) in [7, 11) is 0. The smallest absolute Gasteiger partial charge is 0.353 e. The van der Waals surface area contributed by atoms with Gasteiger partial charge in [-0.25, -0.2) is 9.97 Å². The molecule has 1 aliphatic heterocycles. The number of rotatable bonds is 2. The molecule has 2 heterocycles. The number of hydrogen-bond donors (Lipinski definition) is 1. The van der Waals surface area contributed by atoms with Gasteiger partial charge in [-0.3, -0.25) is 4.79 Å². The van der Waals surface area contributed by atoms with Crippen molar-refractivity contribution in [2.24, 2.45) is 0 Å². The topological polar surface area (TPSA) is 101 Å². The molecular weight excluding hydrogens is 216 g/mol. The fraction of sp³-hybridized carbons (Fsp3) is 0.500. The molecule has 8 heteroatoms. The highest BCUT2D eigenvalue weighted by Crippen LogP contribution is 2.15. The molecule has 16 heavy (non-hydrogen) atoms. The fourth-order valence-electron chi connectivity index (χ4n) is 1.50. The summed E-state index contributed by atoms with van der Waals surface area (Å²) in [5, 5.41) is 10.6. The largest absolute Gasteiger partial charge is 0.378 e. The number of aromatic nitrogens is 2. The van der Waals surface area contributed by atoms with Crippen LogP contribution in [0.2, 0.25) is 0 Å². The molecule has 0 saturated carbocycles. The molecule has 2 rings (SSSR count). The van der Waals surface area contributed by atoms with Gasteiger partial charge in [0.1, 0.15) is 0 Å². The average molecular weight is 226 g/mol. The van der Waals surface area contributed by atoms with Crippen molar-refractivity contribution in [3.05, 3.63) is 22.1 Å². The van der Waals surface area contributed by atoms with Crippen molar-refractivity contribution in [1.29, 1.82) is 0 Å². The lowest BCUT2D eigenvalue weighted by molar-refractivity contribution is -0.389. The van der Waals surface area contributed by atoms with E-state index in [0.29, 0.717) is 26.3 Å². The Morgan fingerprint density at radius 1 is 1.56 bits per heavy atom. The molecule has 0 radical (unpaired) electrons. The first kappa shape index (κ1) is 10.6. The van der Waals surface area contributed by atoms with Crippen LogP contribution in [0.5, 0.6) is 0 Å². The summed E-state index contributed by atoms with van der Waals surface area (Å²) in [6.07, 6.45) is 1.14. The van der Waals surface area contributed by atoms with Crippen molar-refractivity contribution in [3.63, 3.8) is 0 Å². The van der Waals surface area contributed by atoms with Gasteiger partial charge in [0.05, 0.1) is 13.2 Å². The minimum Gasteiger partial charge on any atom is -0.378 e. The van der Waals surface area contributed by atoms with Crippen LogP contribution in [0.1, 0.15) is 10.5 Å². The molecule has 1 saturated heterocycles. The second-order valence-corrected chi connectivity index (χ2v) is 3.26. The molecule has 1 amide bonds. The number of hydrogen-bond acceptors (Lipinski definition) is 5. The third-order valence-electron chi connectivity index (χ3n) is 2.30. The van der Waals surface area contributed by atoms with E-state index in [4.69, 9.17) is 4.74 Å². The Kier molecular flexibility index (Phi) is 2.82. The zero-order valence-electron chi connectivity index (χ0n) is 8.38. The Morgan fingerprint density at radius 2 is 2.25 bits per heavy atom. The Labute approximate surface area is 90.4 Å². The highest BCUT2D eigenvalue weighted by molar-refractivity contribution is 5.95. The molecular formula is C8H10N4O4. The standard InChI is InChI=1S/C8H10N4O4/c13-8(11-1-3-16-4-2-11)6-7(12(14)15)10-5-9-6/h5H,1-4H2,(H,9,10). The average Bonchev–Trinajstić information content (AvgIpc) is 2.78. The third kappa shape index (κ3) is 1.87. The maximum Gasteiger partial charge on any atom is 0.353 e. The first-order chi connectivity index (χ1) is 7.70. The Hall–Kier alpha value is -1.96. The number of carbonyl (C=O) groups is 1. The van der Waals surface area contributed by atoms with Crippen LogP contribution in [0, 0.1) is 10.1 Å². The number of aromatic amines is 1. The van der Waals surface area contributed by atoms with Gasteiger partial charge in [-0.2, -0.15) is 0 Å². The van der Waals surface area contributed by atoms with E-state index in [0.717, 1.165) is 6.33 Å². The summed E-state index contributed by atoms with van der Waals surface area (Å²) in [4.78, 5) is 29.3. The van der Waals surface area contributed by atoms with E-state index in [1.807, 2.05) is 0 Å².